The number of fused-ring (bicyclic) bond motifs is 1. The average molecular weight is 513 g/mol. The Labute approximate surface area is 198 Å². The molecule has 32 heavy (non-hydrogen) atoms. The molecule has 1 heterocycles. The molecule has 0 saturated heterocycles. The van der Waals surface area contributed by atoms with Gasteiger partial charge in [0.1, 0.15) is 5.75 Å². The highest BCUT2D eigenvalue weighted by Gasteiger charge is 2.18. The Morgan fingerprint density at radius 1 is 1.09 bits per heavy atom. The van der Waals surface area contributed by atoms with E-state index in [0.717, 1.165) is 21.1 Å². The summed E-state index contributed by atoms with van der Waals surface area (Å²) in [6.45, 7) is 2.12. The fourth-order valence-corrected chi connectivity index (χ4v) is 3.73. The van der Waals surface area contributed by atoms with Crippen molar-refractivity contribution in [2.75, 3.05) is 6.61 Å². The highest BCUT2D eigenvalue weighted by Crippen LogP contribution is 2.40. The molecule has 0 aliphatic carbocycles. The molecule has 0 fully saturated rings. The van der Waals surface area contributed by atoms with Gasteiger partial charge in [-0.2, -0.15) is 0 Å². The molecule has 4 aromatic rings. The maximum Gasteiger partial charge on any atom is 0.302 e. The van der Waals surface area contributed by atoms with E-state index in [4.69, 9.17) is 16.3 Å². The molecule has 1 N–H and O–H groups in total. The Hall–Kier alpha value is -3.16. The molecule has 0 spiro atoms. The van der Waals surface area contributed by atoms with Crippen molar-refractivity contribution in [1.82, 2.24) is 4.57 Å². The molecule has 0 atom stereocenters. The number of amides is 1. The van der Waals surface area contributed by atoms with Gasteiger partial charge in [0.2, 0.25) is 5.88 Å². The topological polar surface area (TPSA) is 76.2 Å². The normalized spacial score (nSPS) is 11.3. The number of rotatable bonds is 6. The number of aromatic nitrogens is 1. The zero-order valence-corrected chi connectivity index (χ0v) is 19.5. The third-order valence-corrected chi connectivity index (χ3v) is 5.62. The summed E-state index contributed by atoms with van der Waals surface area (Å²) < 4.78 is 7.99. The van der Waals surface area contributed by atoms with Crippen LogP contribution in [0.5, 0.6) is 11.6 Å². The molecule has 4 rings (SSSR count). The summed E-state index contributed by atoms with van der Waals surface area (Å²) in [5.41, 5.74) is 3.03. The lowest BCUT2D eigenvalue weighted by molar-refractivity contribution is -0.120. The standard InChI is InChI=1S/C24H19BrClN3O3/c1-15-2-9-19(10-3-15)32-14-22(30)27-28-23-20-12-17(25)6-11-21(20)29(24(23)31)13-16-4-7-18(26)8-5-16/h2-12,31H,13-14H2,1H3. The smallest absolute Gasteiger partial charge is 0.302 e. The number of benzene rings is 3. The summed E-state index contributed by atoms with van der Waals surface area (Å²) >= 11 is 9.42. The van der Waals surface area contributed by atoms with Crippen molar-refractivity contribution < 1.29 is 14.6 Å². The summed E-state index contributed by atoms with van der Waals surface area (Å²) in [5.74, 6) is -0.0619. The molecule has 0 aliphatic rings. The van der Waals surface area contributed by atoms with Gasteiger partial charge in [0.25, 0.3) is 0 Å². The number of hydrogen-bond acceptors (Lipinski definition) is 4. The quantitative estimate of drug-likeness (QED) is 0.288. The summed E-state index contributed by atoms with van der Waals surface area (Å²) in [5, 5.41) is 20.0. The number of ether oxygens (including phenoxy) is 1. The van der Waals surface area contributed by atoms with Gasteiger partial charge in [-0.05, 0) is 55.0 Å². The van der Waals surface area contributed by atoms with Crippen molar-refractivity contribution in [3.8, 4) is 11.6 Å². The lowest BCUT2D eigenvalue weighted by Gasteiger charge is -2.07. The average Bonchev–Trinajstić information content (AvgIpc) is 3.03. The van der Waals surface area contributed by atoms with Crippen molar-refractivity contribution in [2.45, 2.75) is 13.5 Å². The first-order chi connectivity index (χ1) is 15.4. The van der Waals surface area contributed by atoms with Crippen LogP contribution in [0.4, 0.5) is 5.69 Å². The predicted octanol–water partition coefficient (Wildman–Crippen LogP) is 6.81. The summed E-state index contributed by atoms with van der Waals surface area (Å²) in [6.07, 6.45) is 0. The van der Waals surface area contributed by atoms with Crippen LogP contribution >= 0.6 is 27.5 Å². The predicted molar refractivity (Wildman–Crippen MR) is 128 cm³/mol. The summed E-state index contributed by atoms with van der Waals surface area (Å²) in [7, 11) is 0. The molecule has 162 valence electrons. The molecular formula is C24H19BrClN3O3. The van der Waals surface area contributed by atoms with Crippen LogP contribution in [-0.4, -0.2) is 22.2 Å². The first kappa shape index (κ1) is 22.0. The molecule has 0 unspecified atom stereocenters. The second-order valence-electron chi connectivity index (χ2n) is 7.24. The zero-order valence-electron chi connectivity index (χ0n) is 17.1. The second kappa shape index (κ2) is 9.54. The van der Waals surface area contributed by atoms with Gasteiger partial charge < -0.3 is 14.4 Å². The Morgan fingerprint density at radius 3 is 2.53 bits per heavy atom. The first-order valence-corrected chi connectivity index (χ1v) is 11.0. The van der Waals surface area contributed by atoms with Gasteiger partial charge in [0, 0.05) is 14.9 Å². The Bertz CT molecular complexity index is 1300. The molecule has 1 amide bonds. The van der Waals surface area contributed by atoms with E-state index in [1.165, 1.54) is 0 Å². The summed E-state index contributed by atoms with van der Waals surface area (Å²) in [4.78, 5) is 12.2. The van der Waals surface area contributed by atoms with Crippen LogP contribution in [0.2, 0.25) is 5.02 Å². The molecule has 0 bridgehead atoms. The van der Waals surface area contributed by atoms with E-state index in [2.05, 4.69) is 26.2 Å². The van der Waals surface area contributed by atoms with Crippen LogP contribution in [0.1, 0.15) is 11.1 Å². The van der Waals surface area contributed by atoms with Gasteiger partial charge in [-0.15, -0.1) is 10.2 Å². The van der Waals surface area contributed by atoms with Gasteiger partial charge >= 0.3 is 5.91 Å². The number of carbonyl (C=O) groups is 1. The van der Waals surface area contributed by atoms with E-state index in [1.807, 2.05) is 49.4 Å². The van der Waals surface area contributed by atoms with E-state index in [1.54, 1.807) is 28.8 Å². The van der Waals surface area contributed by atoms with Gasteiger partial charge in [0.05, 0.1) is 12.1 Å². The minimum Gasteiger partial charge on any atom is -0.493 e. The number of aryl methyl sites for hydroxylation is 1. The molecule has 0 radical (unpaired) electrons. The van der Waals surface area contributed by atoms with Crippen LogP contribution in [0, 0.1) is 6.92 Å². The molecule has 8 heteroatoms. The molecule has 0 aliphatic heterocycles. The maximum atomic E-state index is 12.2. The van der Waals surface area contributed by atoms with Crippen molar-refractivity contribution in [2.24, 2.45) is 10.2 Å². The minimum absolute atomic E-state index is 0.0796. The second-order valence-corrected chi connectivity index (χ2v) is 8.59. The van der Waals surface area contributed by atoms with Crippen molar-refractivity contribution in [3.63, 3.8) is 0 Å². The monoisotopic (exact) mass is 511 g/mol. The SMILES string of the molecule is Cc1ccc(OCC(=O)N=Nc2c(O)n(Cc3ccc(Cl)cc3)c3ccc(Br)cc23)cc1. The fourth-order valence-electron chi connectivity index (χ4n) is 3.24. The van der Waals surface area contributed by atoms with E-state index in [-0.39, 0.29) is 18.2 Å². The number of halogens is 2. The minimum atomic E-state index is -0.557. The Morgan fingerprint density at radius 2 is 1.81 bits per heavy atom. The third-order valence-electron chi connectivity index (χ3n) is 4.87. The van der Waals surface area contributed by atoms with E-state index in [0.29, 0.717) is 22.7 Å². The molecular weight excluding hydrogens is 494 g/mol. The number of nitrogens with zero attached hydrogens (tertiary/aromatic N) is 3. The van der Waals surface area contributed by atoms with Crippen molar-refractivity contribution >= 4 is 50.0 Å². The highest BCUT2D eigenvalue weighted by atomic mass is 79.9. The number of hydrogen-bond donors (Lipinski definition) is 1. The molecule has 0 saturated carbocycles. The highest BCUT2D eigenvalue weighted by molar-refractivity contribution is 9.10. The molecule has 1 aromatic heterocycles. The Balaban J connectivity index is 1.59. The first-order valence-electron chi connectivity index (χ1n) is 9.80. The van der Waals surface area contributed by atoms with E-state index < -0.39 is 5.91 Å². The van der Waals surface area contributed by atoms with E-state index in [9.17, 15) is 9.90 Å². The van der Waals surface area contributed by atoms with Gasteiger partial charge in [-0.25, -0.2) is 0 Å². The van der Waals surface area contributed by atoms with Crippen LogP contribution < -0.4 is 4.74 Å². The lowest BCUT2D eigenvalue weighted by atomic mass is 10.2. The van der Waals surface area contributed by atoms with Crippen LogP contribution in [0.25, 0.3) is 10.9 Å². The zero-order chi connectivity index (χ0) is 22.7. The van der Waals surface area contributed by atoms with Crippen LogP contribution in [-0.2, 0) is 11.3 Å². The molecule has 3 aromatic carbocycles. The van der Waals surface area contributed by atoms with Crippen molar-refractivity contribution in [1.29, 1.82) is 0 Å². The third kappa shape index (κ3) is 5.00. The lowest BCUT2D eigenvalue weighted by Crippen LogP contribution is -2.07. The Kier molecular flexibility index (Phi) is 6.58. The van der Waals surface area contributed by atoms with Crippen molar-refractivity contribution in [3.05, 3.63) is 87.4 Å². The molecule has 6 nitrogen and oxygen atoms in total. The number of carbonyl (C=O) groups excluding carboxylic acids is 1. The van der Waals surface area contributed by atoms with Crippen LogP contribution in [0.15, 0.2) is 81.4 Å². The fraction of sp³-hybridized carbons (Fsp3) is 0.125. The van der Waals surface area contributed by atoms with Gasteiger partial charge in [-0.1, -0.05) is 57.4 Å². The van der Waals surface area contributed by atoms with Crippen LogP contribution in [0.3, 0.4) is 0 Å². The largest absolute Gasteiger partial charge is 0.493 e. The number of aromatic hydroxyl groups is 1. The summed E-state index contributed by atoms with van der Waals surface area (Å²) in [6, 6.07) is 20.3. The van der Waals surface area contributed by atoms with Gasteiger partial charge in [-0.3, -0.25) is 4.79 Å². The maximum absolute atomic E-state index is 12.2. The van der Waals surface area contributed by atoms with E-state index >= 15 is 0 Å². The van der Waals surface area contributed by atoms with Gasteiger partial charge in [0.15, 0.2) is 12.3 Å². The number of azo groups is 1.